The summed E-state index contributed by atoms with van der Waals surface area (Å²) in [5, 5.41) is 3.35. The van der Waals surface area contributed by atoms with Gasteiger partial charge in [0.2, 0.25) is 11.8 Å². The van der Waals surface area contributed by atoms with E-state index in [-0.39, 0.29) is 17.3 Å². The van der Waals surface area contributed by atoms with Crippen LogP contribution < -0.4 is 9.62 Å². The smallest absolute Gasteiger partial charge is 0.264 e. The van der Waals surface area contributed by atoms with Gasteiger partial charge in [0.25, 0.3) is 10.0 Å². The molecule has 7 nitrogen and oxygen atoms in total. The Kier molecular flexibility index (Phi) is 9.94. The van der Waals surface area contributed by atoms with Crippen LogP contribution in [0.2, 0.25) is 5.02 Å². The highest BCUT2D eigenvalue weighted by Gasteiger charge is 2.34. The van der Waals surface area contributed by atoms with Crippen LogP contribution in [-0.4, -0.2) is 44.3 Å². The van der Waals surface area contributed by atoms with Gasteiger partial charge in [-0.3, -0.25) is 13.9 Å². The lowest BCUT2D eigenvalue weighted by atomic mass is 10.1. The first-order valence-electron chi connectivity index (χ1n) is 12.5. The minimum atomic E-state index is -4.10. The van der Waals surface area contributed by atoms with E-state index < -0.39 is 28.5 Å². The molecular formula is C29H34ClN3O4S. The van der Waals surface area contributed by atoms with Crippen LogP contribution in [0.15, 0.2) is 77.7 Å². The molecule has 3 aromatic rings. The number of sulfonamides is 1. The van der Waals surface area contributed by atoms with Crippen molar-refractivity contribution >= 4 is 39.1 Å². The number of likely N-dealkylation sites (N-methyl/N-ethyl adjacent to an activating group) is 1. The molecule has 2 amide bonds. The minimum absolute atomic E-state index is 0.0775. The largest absolute Gasteiger partial charge is 0.355 e. The summed E-state index contributed by atoms with van der Waals surface area (Å²) < 4.78 is 28.9. The fraction of sp³-hybridized carbons (Fsp3) is 0.310. The highest BCUT2D eigenvalue weighted by Crippen LogP contribution is 2.28. The molecule has 0 saturated heterocycles. The fourth-order valence-electron chi connectivity index (χ4n) is 4.22. The Bertz CT molecular complexity index is 1360. The third-order valence-electron chi connectivity index (χ3n) is 6.25. The number of benzene rings is 3. The Labute approximate surface area is 230 Å². The van der Waals surface area contributed by atoms with Crippen molar-refractivity contribution in [3.05, 3.63) is 94.5 Å². The number of nitrogens with zero attached hydrogens (tertiary/aromatic N) is 2. The van der Waals surface area contributed by atoms with Gasteiger partial charge < -0.3 is 10.2 Å². The standard InChI is InChI=1S/C29H34ClN3O4S/c1-5-26(29(35)31-6-2)32(19-23-14-16-24(30)17-15-23)28(34)20-33(27-18-21(3)12-13-22(27)4)38(36,37)25-10-8-7-9-11-25/h7-18,26H,5-6,19-20H2,1-4H3,(H,31,35). The zero-order valence-corrected chi connectivity index (χ0v) is 23.7. The first-order chi connectivity index (χ1) is 18.1. The number of hydrogen-bond acceptors (Lipinski definition) is 4. The molecule has 0 spiro atoms. The lowest BCUT2D eigenvalue weighted by Crippen LogP contribution is -2.52. The van der Waals surface area contributed by atoms with E-state index in [0.29, 0.717) is 29.2 Å². The van der Waals surface area contributed by atoms with Gasteiger partial charge in [0.1, 0.15) is 12.6 Å². The van der Waals surface area contributed by atoms with E-state index in [1.165, 1.54) is 17.0 Å². The van der Waals surface area contributed by atoms with Gasteiger partial charge in [-0.2, -0.15) is 0 Å². The van der Waals surface area contributed by atoms with Gasteiger partial charge in [-0.15, -0.1) is 0 Å². The summed E-state index contributed by atoms with van der Waals surface area (Å²) in [4.78, 5) is 28.5. The van der Waals surface area contributed by atoms with E-state index >= 15 is 0 Å². The van der Waals surface area contributed by atoms with Gasteiger partial charge in [-0.25, -0.2) is 8.42 Å². The maximum Gasteiger partial charge on any atom is 0.264 e. The van der Waals surface area contributed by atoms with Crippen LogP contribution >= 0.6 is 11.6 Å². The molecule has 1 unspecified atom stereocenters. The number of carbonyl (C=O) groups is 2. The summed E-state index contributed by atoms with van der Waals surface area (Å²) in [6.45, 7) is 7.38. The zero-order chi connectivity index (χ0) is 27.9. The van der Waals surface area contributed by atoms with E-state index in [4.69, 9.17) is 11.6 Å². The Balaban J connectivity index is 2.08. The van der Waals surface area contributed by atoms with Gasteiger partial charge >= 0.3 is 0 Å². The monoisotopic (exact) mass is 555 g/mol. The van der Waals surface area contributed by atoms with Crippen molar-refractivity contribution < 1.29 is 18.0 Å². The van der Waals surface area contributed by atoms with Crippen LogP contribution in [0, 0.1) is 13.8 Å². The number of rotatable bonds is 11. The Morgan fingerprint density at radius 1 is 0.947 bits per heavy atom. The van der Waals surface area contributed by atoms with Crippen LogP contribution in [0.5, 0.6) is 0 Å². The van der Waals surface area contributed by atoms with Gasteiger partial charge in [0, 0.05) is 18.1 Å². The molecule has 0 aliphatic rings. The van der Waals surface area contributed by atoms with Crippen molar-refractivity contribution in [1.82, 2.24) is 10.2 Å². The van der Waals surface area contributed by atoms with Gasteiger partial charge in [-0.1, -0.05) is 61.0 Å². The van der Waals surface area contributed by atoms with Crippen molar-refractivity contribution in [2.45, 2.75) is 51.6 Å². The molecule has 3 aromatic carbocycles. The molecular weight excluding hydrogens is 522 g/mol. The lowest BCUT2D eigenvalue weighted by molar-refractivity contribution is -0.140. The number of aryl methyl sites for hydroxylation is 2. The second-order valence-corrected chi connectivity index (χ2v) is 11.4. The Morgan fingerprint density at radius 3 is 2.21 bits per heavy atom. The molecule has 0 aliphatic carbocycles. The van der Waals surface area contributed by atoms with Gasteiger partial charge in [0.15, 0.2) is 0 Å². The average molecular weight is 556 g/mol. The van der Waals surface area contributed by atoms with E-state index in [1.807, 2.05) is 39.8 Å². The first kappa shape index (κ1) is 29.2. The van der Waals surface area contributed by atoms with Crippen molar-refractivity contribution in [1.29, 1.82) is 0 Å². The molecule has 0 saturated carbocycles. The summed E-state index contributed by atoms with van der Waals surface area (Å²) in [6.07, 6.45) is 0.361. The van der Waals surface area contributed by atoms with Crippen LogP contribution in [-0.2, 0) is 26.2 Å². The second-order valence-electron chi connectivity index (χ2n) is 9.08. The number of amides is 2. The number of anilines is 1. The molecule has 0 bridgehead atoms. The first-order valence-corrected chi connectivity index (χ1v) is 14.4. The second kappa shape index (κ2) is 12.9. The third kappa shape index (κ3) is 6.94. The third-order valence-corrected chi connectivity index (χ3v) is 8.27. The quantitative estimate of drug-likeness (QED) is 0.357. The Morgan fingerprint density at radius 2 is 1.61 bits per heavy atom. The summed E-state index contributed by atoms with van der Waals surface area (Å²) >= 11 is 6.05. The highest BCUT2D eigenvalue weighted by molar-refractivity contribution is 7.92. The predicted octanol–water partition coefficient (Wildman–Crippen LogP) is 5.10. The van der Waals surface area contributed by atoms with Crippen LogP contribution in [0.25, 0.3) is 0 Å². The molecule has 0 radical (unpaired) electrons. The molecule has 0 heterocycles. The van der Waals surface area contributed by atoms with Gasteiger partial charge in [0.05, 0.1) is 10.6 Å². The van der Waals surface area contributed by atoms with Crippen molar-refractivity contribution in [3.63, 3.8) is 0 Å². The fourth-order valence-corrected chi connectivity index (χ4v) is 5.84. The highest BCUT2D eigenvalue weighted by atomic mass is 35.5. The normalized spacial score (nSPS) is 12.0. The molecule has 0 fully saturated rings. The van der Waals surface area contributed by atoms with E-state index in [0.717, 1.165) is 15.4 Å². The molecule has 202 valence electrons. The van der Waals surface area contributed by atoms with Crippen molar-refractivity contribution in [3.8, 4) is 0 Å². The molecule has 1 N–H and O–H groups in total. The maximum atomic E-state index is 14.0. The summed E-state index contributed by atoms with van der Waals surface area (Å²) in [5.41, 5.74) is 2.76. The molecule has 9 heteroatoms. The maximum absolute atomic E-state index is 14.0. The minimum Gasteiger partial charge on any atom is -0.355 e. The topological polar surface area (TPSA) is 86.8 Å². The van der Waals surface area contributed by atoms with E-state index in [1.54, 1.807) is 48.5 Å². The van der Waals surface area contributed by atoms with E-state index in [9.17, 15) is 18.0 Å². The Hall–Kier alpha value is -3.36. The summed E-state index contributed by atoms with van der Waals surface area (Å²) in [6, 6.07) is 19.7. The number of halogens is 1. The lowest BCUT2D eigenvalue weighted by Gasteiger charge is -2.33. The SMILES string of the molecule is CCNC(=O)C(CC)N(Cc1ccc(Cl)cc1)C(=O)CN(c1cc(C)ccc1C)S(=O)(=O)c1ccccc1. The average Bonchev–Trinajstić information content (AvgIpc) is 2.90. The van der Waals surface area contributed by atoms with E-state index in [2.05, 4.69) is 5.32 Å². The van der Waals surface area contributed by atoms with Crippen LogP contribution in [0.3, 0.4) is 0 Å². The molecule has 1 atom stereocenters. The van der Waals surface area contributed by atoms with Crippen molar-refractivity contribution in [2.24, 2.45) is 0 Å². The number of nitrogens with one attached hydrogen (secondary N) is 1. The van der Waals surface area contributed by atoms with Gasteiger partial charge in [-0.05, 0) is 74.2 Å². The number of carbonyl (C=O) groups excluding carboxylic acids is 2. The van der Waals surface area contributed by atoms with Crippen LogP contribution in [0.4, 0.5) is 5.69 Å². The molecule has 0 aromatic heterocycles. The predicted molar refractivity (Wildman–Crippen MR) is 152 cm³/mol. The summed E-state index contributed by atoms with van der Waals surface area (Å²) in [5.74, 6) is -0.778. The van der Waals surface area contributed by atoms with Crippen LogP contribution in [0.1, 0.15) is 37.0 Å². The zero-order valence-electron chi connectivity index (χ0n) is 22.1. The number of hydrogen-bond donors (Lipinski definition) is 1. The molecule has 3 rings (SSSR count). The van der Waals surface area contributed by atoms with Crippen molar-refractivity contribution in [2.75, 3.05) is 17.4 Å². The molecule has 0 aliphatic heterocycles. The summed E-state index contributed by atoms with van der Waals surface area (Å²) in [7, 11) is -4.10. The molecule has 38 heavy (non-hydrogen) atoms.